The van der Waals surface area contributed by atoms with Crippen LogP contribution in [0.3, 0.4) is 0 Å². The first kappa shape index (κ1) is 15.5. The van der Waals surface area contributed by atoms with Gasteiger partial charge in [-0.05, 0) is 11.5 Å². The average Bonchev–Trinajstić information content (AvgIpc) is 2.83. The van der Waals surface area contributed by atoms with Gasteiger partial charge in [-0.1, -0.05) is 43.4 Å². The number of aliphatic hydroxyl groups is 1. The summed E-state index contributed by atoms with van der Waals surface area (Å²) in [6.45, 7) is 3.89. The van der Waals surface area contributed by atoms with E-state index in [1.807, 2.05) is 38.1 Å². The third-order valence-corrected chi connectivity index (χ3v) is 6.18. The number of thiophene rings is 1. The largest absolute Gasteiger partial charge is 0.511 e. The van der Waals surface area contributed by atoms with Crippen molar-refractivity contribution in [3.05, 3.63) is 44.6 Å². The molecule has 6 heteroatoms. The van der Waals surface area contributed by atoms with Crippen molar-refractivity contribution in [3.63, 3.8) is 0 Å². The Bertz CT molecular complexity index is 1090. The van der Waals surface area contributed by atoms with Crippen LogP contribution in [0.1, 0.15) is 31.7 Å². The molecule has 0 unspecified atom stereocenters. The van der Waals surface area contributed by atoms with Gasteiger partial charge in [-0.2, -0.15) is 0 Å². The third kappa shape index (κ3) is 2.37. The first-order valence-corrected chi connectivity index (χ1v) is 9.27. The lowest BCUT2D eigenvalue weighted by Crippen LogP contribution is -2.25. The van der Waals surface area contributed by atoms with Crippen LogP contribution in [-0.4, -0.2) is 15.9 Å². The topological polar surface area (TPSA) is 67.3 Å². The molecular weight excluding hydrogens is 342 g/mol. The van der Waals surface area contributed by atoms with E-state index in [0.717, 1.165) is 21.4 Å². The van der Waals surface area contributed by atoms with Gasteiger partial charge in [0.05, 0.1) is 11.0 Å². The smallest absolute Gasteiger partial charge is 0.245 e. The molecule has 0 atom stereocenters. The minimum atomic E-state index is -0.267. The highest BCUT2D eigenvalue weighted by Gasteiger charge is 2.35. The van der Waals surface area contributed by atoms with Crippen molar-refractivity contribution in [3.8, 4) is 0 Å². The molecule has 4 nitrogen and oxygen atoms in total. The van der Waals surface area contributed by atoms with Gasteiger partial charge in [-0.3, -0.25) is 9.59 Å². The summed E-state index contributed by atoms with van der Waals surface area (Å²) in [4.78, 5) is 30.3. The zero-order valence-electron chi connectivity index (χ0n) is 13.3. The second-order valence-electron chi connectivity index (χ2n) is 6.85. The summed E-state index contributed by atoms with van der Waals surface area (Å²) in [7, 11) is 0. The summed E-state index contributed by atoms with van der Waals surface area (Å²) in [6, 6.07) is 7.69. The highest BCUT2D eigenvalue weighted by molar-refractivity contribution is 7.26. The van der Waals surface area contributed by atoms with Crippen LogP contribution in [0.15, 0.2) is 34.8 Å². The van der Waals surface area contributed by atoms with Crippen LogP contribution in [0.5, 0.6) is 0 Å². The minimum Gasteiger partial charge on any atom is -0.511 e. The Morgan fingerprint density at radius 1 is 1.12 bits per heavy atom. The predicted octanol–water partition coefficient (Wildman–Crippen LogP) is 4.53. The van der Waals surface area contributed by atoms with Crippen molar-refractivity contribution in [1.82, 2.24) is 4.98 Å². The Balaban J connectivity index is 1.97. The molecular formula is C18H15NO3S2. The first-order chi connectivity index (χ1) is 11.4. The summed E-state index contributed by atoms with van der Waals surface area (Å²) in [5, 5.41) is 12.2. The SMILES string of the molecule is CC1(C)CC(=O)C(c2nc3sc4ccccc4c3c(=O)s2)=C(O)C1. The molecule has 0 spiro atoms. The van der Waals surface area contributed by atoms with Crippen molar-refractivity contribution >= 4 is 54.3 Å². The van der Waals surface area contributed by atoms with Crippen LogP contribution >= 0.6 is 22.7 Å². The minimum absolute atomic E-state index is 0.0415. The molecule has 0 aliphatic heterocycles. The van der Waals surface area contributed by atoms with Gasteiger partial charge in [0, 0.05) is 22.9 Å². The average molecular weight is 357 g/mol. The van der Waals surface area contributed by atoms with Crippen LogP contribution < -0.4 is 4.74 Å². The number of Topliss-reactive ketones (excluding diaryl/α,β-unsaturated/α-hetero) is 1. The number of aliphatic hydroxyl groups excluding tert-OH is 1. The molecule has 2 heterocycles. The fraction of sp³-hybridized carbons (Fsp3) is 0.278. The number of ketones is 1. The second kappa shape index (κ2) is 5.22. The molecule has 1 aliphatic carbocycles. The molecule has 2 aromatic heterocycles. The number of allylic oxidation sites excluding steroid dienone is 2. The summed E-state index contributed by atoms with van der Waals surface area (Å²) in [5.41, 5.74) is -0.0482. The van der Waals surface area contributed by atoms with Crippen molar-refractivity contribution < 1.29 is 9.90 Å². The van der Waals surface area contributed by atoms with Crippen LogP contribution in [0.4, 0.5) is 0 Å². The van der Waals surface area contributed by atoms with E-state index in [1.165, 1.54) is 11.3 Å². The quantitative estimate of drug-likeness (QED) is 0.695. The molecule has 0 radical (unpaired) electrons. The second-order valence-corrected chi connectivity index (χ2v) is 8.84. The number of aromatic nitrogens is 1. The zero-order chi connectivity index (χ0) is 17.1. The Hall–Kier alpha value is -2.05. The maximum Gasteiger partial charge on any atom is 0.245 e. The number of nitrogens with zero attached hydrogens (tertiary/aromatic N) is 1. The maximum atomic E-state index is 12.6. The van der Waals surface area contributed by atoms with E-state index in [2.05, 4.69) is 4.98 Å². The van der Waals surface area contributed by atoms with E-state index in [4.69, 9.17) is 0 Å². The first-order valence-electron chi connectivity index (χ1n) is 7.64. The summed E-state index contributed by atoms with van der Waals surface area (Å²) in [6.07, 6.45) is 0.764. The van der Waals surface area contributed by atoms with Crippen molar-refractivity contribution in [2.75, 3.05) is 0 Å². The lowest BCUT2D eigenvalue weighted by atomic mass is 9.77. The van der Waals surface area contributed by atoms with Gasteiger partial charge in [0.15, 0.2) is 5.78 Å². The van der Waals surface area contributed by atoms with Gasteiger partial charge in [-0.15, -0.1) is 11.3 Å². The number of hydrogen-bond acceptors (Lipinski definition) is 6. The molecule has 1 aromatic carbocycles. The number of hydrogen-bond donors (Lipinski definition) is 1. The standard InChI is InChI=1S/C18H15NO3S2/c1-18(2)7-10(20)14(11(21)8-18)16-19-15-13(17(22)24-16)9-5-3-4-6-12(9)23-15/h3-6,20H,7-8H2,1-2H3. The number of benzene rings is 1. The molecule has 0 bridgehead atoms. The molecule has 3 aromatic rings. The van der Waals surface area contributed by atoms with Crippen LogP contribution in [-0.2, 0) is 4.79 Å². The summed E-state index contributed by atoms with van der Waals surface area (Å²) in [5.74, 6) is -0.104. The van der Waals surface area contributed by atoms with E-state index < -0.39 is 0 Å². The highest BCUT2D eigenvalue weighted by atomic mass is 32.1. The van der Waals surface area contributed by atoms with Gasteiger partial charge < -0.3 is 5.11 Å². The third-order valence-electron chi connectivity index (χ3n) is 4.24. The zero-order valence-corrected chi connectivity index (χ0v) is 14.9. The molecule has 1 aliphatic rings. The molecule has 0 amide bonds. The van der Waals surface area contributed by atoms with Crippen molar-refractivity contribution in [2.45, 2.75) is 26.7 Å². The fourth-order valence-corrected chi connectivity index (χ4v) is 5.35. The van der Waals surface area contributed by atoms with Gasteiger partial charge in [0.2, 0.25) is 4.74 Å². The number of carbonyl (C=O) groups is 1. The van der Waals surface area contributed by atoms with Gasteiger partial charge in [0.25, 0.3) is 0 Å². The fourth-order valence-electron chi connectivity index (χ4n) is 3.20. The molecule has 0 saturated heterocycles. The van der Waals surface area contributed by atoms with Gasteiger partial charge >= 0.3 is 0 Å². The van der Waals surface area contributed by atoms with E-state index in [9.17, 15) is 14.7 Å². The number of fused-ring (bicyclic) bond motifs is 3. The van der Waals surface area contributed by atoms with Crippen LogP contribution in [0.2, 0.25) is 0 Å². The van der Waals surface area contributed by atoms with Crippen LogP contribution in [0, 0.1) is 5.41 Å². The van der Waals surface area contributed by atoms with E-state index in [1.54, 1.807) is 0 Å². The van der Waals surface area contributed by atoms with Gasteiger partial charge in [0.1, 0.15) is 15.6 Å². The lowest BCUT2D eigenvalue weighted by Gasteiger charge is -2.29. The Morgan fingerprint density at radius 3 is 2.62 bits per heavy atom. The van der Waals surface area contributed by atoms with Crippen LogP contribution in [0.25, 0.3) is 25.9 Å². The Kier molecular flexibility index (Phi) is 3.37. The molecule has 1 N–H and O–H groups in total. The normalized spacial score (nSPS) is 17.8. The van der Waals surface area contributed by atoms with Crippen molar-refractivity contribution in [2.24, 2.45) is 5.41 Å². The Morgan fingerprint density at radius 2 is 1.88 bits per heavy atom. The van der Waals surface area contributed by atoms with E-state index >= 15 is 0 Å². The van der Waals surface area contributed by atoms with E-state index in [-0.39, 0.29) is 27.3 Å². The molecule has 122 valence electrons. The monoisotopic (exact) mass is 357 g/mol. The summed E-state index contributed by atoms with van der Waals surface area (Å²) >= 11 is 2.38. The highest BCUT2D eigenvalue weighted by Crippen LogP contribution is 2.40. The molecule has 24 heavy (non-hydrogen) atoms. The predicted molar refractivity (Wildman–Crippen MR) is 98.8 cm³/mol. The number of rotatable bonds is 1. The number of carbonyl (C=O) groups excluding carboxylic acids is 1. The Labute approximate surface area is 146 Å². The van der Waals surface area contributed by atoms with Crippen molar-refractivity contribution in [1.29, 1.82) is 0 Å². The molecule has 0 fully saturated rings. The maximum absolute atomic E-state index is 12.6. The lowest BCUT2D eigenvalue weighted by molar-refractivity contribution is -0.116. The summed E-state index contributed by atoms with van der Waals surface area (Å²) < 4.78 is 0.876. The van der Waals surface area contributed by atoms with E-state index in [0.29, 0.717) is 28.1 Å². The molecule has 0 saturated carbocycles. The van der Waals surface area contributed by atoms with Gasteiger partial charge in [-0.25, -0.2) is 4.98 Å². The molecule has 4 rings (SSSR count).